The lowest BCUT2D eigenvalue weighted by Crippen LogP contribution is -2.60. The molecule has 6 nitrogen and oxygen atoms in total. The molecule has 2 unspecified atom stereocenters. The van der Waals surface area contributed by atoms with Gasteiger partial charge in [0.2, 0.25) is 0 Å². The summed E-state index contributed by atoms with van der Waals surface area (Å²) in [6.45, 7) is 8.49. The third-order valence-corrected chi connectivity index (χ3v) is 6.79. The van der Waals surface area contributed by atoms with Gasteiger partial charge in [-0.05, 0) is 63.4 Å². The molecular weight excluding hydrogens is 510 g/mol. The maximum absolute atomic E-state index is 13.3. The average Bonchev–Trinajstić information content (AvgIpc) is 3.31. The number of guanidine groups is 1. The summed E-state index contributed by atoms with van der Waals surface area (Å²) in [7, 11) is 1.85. The summed E-state index contributed by atoms with van der Waals surface area (Å²) in [5.41, 5.74) is 1.15. The van der Waals surface area contributed by atoms with Crippen molar-refractivity contribution in [3.8, 4) is 0 Å². The number of halogens is 2. The Morgan fingerprint density at radius 3 is 2.48 bits per heavy atom. The van der Waals surface area contributed by atoms with E-state index < -0.39 is 0 Å². The van der Waals surface area contributed by atoms with Crippen LogP contribution in [0.15, 0.2) is 29.3 Å². The fraction of sp³-hybridized carbons (Fsp3) is 0.696. The number of likely N-dealkylation sites (tertiary alicyclic amines) is 1. The predicted octanol–water partition coefficient (Wildman–Crippen LogP) is 3.43. The van der Waals surface area contributed by atoms with E-state index in [2.05, 4.69) is 27.0 Å². The van der Waals surface area contributed by atoms with Crippen molar-refractivity contribution < 1.29 is 13.9 Å². The van der Waals surface area contributed by atoms with E-state index in [0.29, 0.717) is 6.54 Å². The van der Waals surface area contributed by atoms with Gasteiger partial charge >= 0.3 is 0 Å². The van der Waals surface area contributed by atoms with Gasteiger partial charge in [0.25, 0.3) is 0 Å². The standard InChI is InChI=1S/C23H35FN4O2.HI/c1-18-15-27(16-21(30-18)19-5-7-20(24)8-6-19)22(25-2)26-17-23(9-13-29-14-10-23)28-11-3-4-12-28;/h5-8,18,21H,3-4,9-17H2,1-2H3,(H,25,26);1H. The second-order valence-corrected chi connectivity index (χ2v) is 8.82. The number of hydrogen-bond acceptors (Lipinski definition) is 4. The summed E-state index contributed by atoms with van der Waals surface area (Å²) in [4.78, 5) is 9.54. The van der Waals surface area contributed by atoms with Crippen LogP contribution < -0.4 is 5.32 Å². The van der Waals surface area contributed by atoms with Crippen LogP contribution in [0, 0.1) is 5.82 Å². The van der Waals surface area contributed by atoms with Crippen LogP contribution in [0.25, 0.3) is 0 Å². The lowest BCUT2D eigenvalue weighted by Gasteiger charge is -2.46. The monoisotopic (exact) mass is 546 g/mol. The normalized spacial score (nSPS) is 27.1. The molecule has 1 N–H and O–H groups in total. The Bertz CT molecular complexity index is 721. The van der Waals surface area contributed by atoms with Gasteiger partial charge in [0, 0.05) is 38.9 Å². The highest BCUT2D eigenvalue weighted by Gasteiger charge is 2.40. The SMILES string of the molecule is CN=C(NCC1(N2CCCC2)CCOCC1)N1CC(C)OC(c2ccc(F)cc2)C1.I. The molecule has 0 aliphatic carbocycles. The van der Waals surface area contributed by atoms with E-state index in [0.717, 1.165) is 50.7 Å². The maximum Gasteiger partial charge on any atom is 0.193 e. The van der Waals surface area contributed by atoms with Crippen LogP contribution in [0.5, 0.6) is 0 Å². The lowest BCUT2D eigenvalue weighted by molar-refractivity contribution is -0.0610. The van der Waals surface area contributed by atoms with Crippen LogP contribution in [0.3, 0.4) is 0 Å². The summed E-state index contributed by atoms with van der Waals surface area (Å²) < 4.78 is 25.2. The number of morpholine rings is 1. The Hall–Kier alpha value is -0.970. The van der Waals surface area contributed by atoms with Crippen LogP contribution in [0.4, 0.5) is 4.39 Å². The summed E-state index contributed by atoms with van der Waals surface area (Å²) >= 11 is 0. The lowest BCUT2D eigenvalue weighted by atomic mass is 9.88. The number of hydrogen-bond donors (Lipinski definition) is 1. The number of nitrogens with zero attached hydrogens (tertiary/aromatic N) is 3. The smallest absolute Gasteiger partial charge is 0.193 e. The molecule has 174 valence electrons. The molecule has 0 radical (unpaired) electrons. The van der Waals surface area contributed by atoms with E-state index in [1.807, 2.05) is 19.2 Å². The summed E-state index contributed by atoms with van der Waals surface area (Å²) in [6, 6.07) is 6.63. The summed E-state index contributed by atoms with van der Waals surface area (Å²) in [5.74, 6) is 0.697. The molecule has 0 spiro atoms. The molecule has 0 amide bonds. The third-order valence-electron chi connectivity index (χ3n) is 6.79. The second kappa shape index (κ2) is 11.2. The zero-order valence-electron chi connectivity index (χ0n) is 18.7. The zero-order valence-corrected chi connectivity index (χ0v) is 21.0. The van der Waals surface area contributed by atoms with E-state index in [1.54, 1.807) is 0 Å². The van der Waals surface area contributed by atoms with Crippen molar-refractivity contribution >= 4 is 29.9 Å². The fourth-order valence-corrected chi connectivity index (χ4v) is 5.11. The van der Waals surface area contributed by atoms with Crippen molar-refractivity contribution in [2.45, 2.75) is 50.4 Å². The molecule has 3 saturated heterocycles. The van der Waals surface area contributed by atoms with Crippen molar-refractivity contribution in [2.24, 2.45) is 4.99 Å². The molecular formula is C23H36FIN4O2. The highest BCUT2D eigenvalue weighted by molar-refractivity contribution is 14.0. The minimum atomic E-state index is -0.222. The maximum atomic E-state index is 13.3. The molecule has 4 rings (SSSR count). The molecule has 1 aromatic rings. The minimum Gasteiger partial charge on any atom is -0.381 e. The molecule has 8 heteroatoms. The number of rotatable bonds is 4. The van der Waals surface area contributed by atoms with Gasteiger partial charge in [-0.1, -0.05) is 12.1 Å². The minimum absolute atomic E-state index is 0. The van der Waals surface area contributed by atoms with Crippen molar-refractivity contribution in [1.82, 2.24) is 15.1 Å². The molecule has 3 heterocycles. The van der Waals surface area contributed by atoms with Gasteiger partial charge in [-0.25, -0.2) is 4.39 Å². The molecule has 0 bridgehead atoms. The van der Waals surface area contributed by atoms with Crippen LogP contribution in [-0.4, -0.2) is 80.4 Å². The quantitative estimate of drug-likeness (QED) is 0.357. The van der Waals surface area contributed by atoms with Gasteiger partial charge in [-0.3, -0.25) is 9.89 Å². The van der Waals surface area contributed by atoms with Gasteiger partial charge in [0.15, 0.2) is 5.96 Å². The molecule has 3 aliphatic rings. The molecule has 0 aromatic heterocycles. The van der Waals surface area contributed by atoms with Crippen molar-refractivity contribution in [2.75, 3.05) is 53.0 Å². The molecule has 3 fully saturated rings. The first-order valence-corrected chi connectivity index (χ1v) is 11.3. The molecule has 1 aromatic carbocycles. The number of ether oxygens (including phenoxy) is 2. The topological polar surface area (TPSA) is 49.3 Å². The first-order chi connectivity index (χ1) is 14.6. The average molecular weight is 546 g/mol. The van der Waals surface area contributed by atoms with E-state index >= 15 is 0 Å². The van der Waals surface area contributed by atoms with Gasteiger partial charge in [-0.2, -0.15) is 0 Å². The van der Waals surface area contributed by atoms with Crippen LogP contribution in [-0.2, 0) is 9.47 Å². The molecule has 2 atom stereocenters. The Labute approximate surface area is 202 Å². The second-order valence-electron chi connectivity index (χ2n) is 8.82. The van der Waals surface area contributed by atoms with Crippen molar-refractivity contribution in [3.05, 3.63) is 35.6 Å². The van der Waals surface area contributed by atoms with E-state index in [-0.39, 0.29) is 47.5 Å². The molecule has 0 saturated carbocycles. The third kappa shape index (κ3) is 5.89. The Balaban J connectivity index is 0.00000272. The molecule has 31 heavy (non-hydrogen) atoms. The highest BCUT2D eigenvalue weighted by atomic mass is 127. The van der Waals surface area contributed by atoms with Crippen molar-refractivity contribution in [3.63, 3.8) is 0 Å². The first kappa shape index (κ1) is 24.7. The Kier molecular flexibility index (Phi) is 8.95. The number of nitrogens with one attached hydrogen (secondary N) is 1. The van der Waals surface area contributed by atoms with Gasteiger partial charge in [0.1, 0.15) is 11.9 Å². The van der Waals surface area contributed by atoms with Crippen LogP contribution in [0.1, 0.15) is 44.3 Å². The Morgan fingerprint density at radius 1 is 1.16 bits per heavy atom. The van der Waals surface area contributed by atoms with Gasteiger partial charge in [0.05, 0.1) is 12.6 Å². The predicted molar refractivity (Wildman–Crippen MR) is 132 cm³/mol. The van der Waals surface area contributed by atoms with Gasteiger partial charge < -0.3 is 19.7 Å². The number of benzene rings is 1. The Morgan fingerprint density at radius 2 is 1.84 bits per heavy atom. The van der Waals surface area contributed by atoms with Crippen LogP contribution >= 0.6 is 24.0 Å². The van der Waals surface area contributed by atoms with E-state index in [1.165, 1.54) is 38.1 Å². The fourth-order valence-electron chi connectivity index (χ4n) is 5.11. The van der Waals surface area contributed by atoms with Gasteiger partial charge in [-0.15, -0.1) is 24.0 Å². The summed E-state index contributed by atoms with van der Waals surface area (Å²) in [5, 5.41) is 3.69. The first-order valence-electron chi connectivity index (χ1n) is 11.3. The highest BCUT2D eigenvalue weighted by Crippen LogP contribution is 2.31. The zero-order chi connectivity index (χ0) is 21.0. The van der Waals surface area contributed by atoms with Crippen LogP contribution in [0.2, 0.25) is 0 Å². The summed E-state index contributed by atoms with van der Waals surface area (Å²) in [6.07, 6.45) is 4.69. The molecule has 3 aliphatic heterocycles. The number of aliphatic imine (C=N–C) groups is 1. The van der Waals surface area contributed by atoms with Crippen molar-refractivity contribution in [1.29, 1.82) is 0 Å². The van der Waals surface area contributed by atoms with E-state index in [9.17, 15) is 4.39 Å². The van der Waals surface area contributed by atoms with E-state index in [4.69, 9.17) is 9.47 Å². The largest absolute Gasteiger partial charge is 0.381 e.